The van der Waals surface area contributed by atoms with Crippen LogP contribution in [0.2, 0.25) is 0 Å². The zero-order chi connectivity index (χ0) is 27.7. The smallest absolute Gasteiger partial charge is 0.416 e. The molecule has 0 aliphatic carbocycles. The van der Waals surface area contributed by atoms with Crippen molar-refractivity contribution in [3.05, 3.63) is 107 Å². The number of alkyl halides is 3. The molecule has 1 unspecified atom stereocenters. The molecule has 39 heavy (non-hydrogen) atoms. The molecule has 8 nitrogen and oxygen atoms in total. The molecule has 5 rings (SSSR count). The summed E-state index contributed by atoms with van der Waals surface area (Å²) in [5, 5.41) is 18.9. The Kier molecular flexibility index (Phi) is 6.75. The van der Waals surface area contributed by atoms with Crippen molar-refractivity contribution in [1.82, 2.24) is 15.1 Å². The van der Waals surface area contributed by atoms with E-state index in [-0.39, 0.29) is 17.9 Å². The second-order valence-corrected chi connectivity index (χ2v) is 9.00. The molecular formula is C28H21F3N4O4. The molecule has 0 spiro atoms. The maximum Gasteiger partial charge on any atom is 0.416 e. The van der Waals surface area contributed by atoms with Gasteiger partial charge in [0.2, 0.25) is 0 Å². The molecule has 1 aliphatic heterocycles. The van der Waals surface area contributed by atoms with Gasteiger partial charge >= 0.3 is 12.1 Å². The van der Waals surface area contributed by atoms with Gasteiger partial charge in [0.05, 0.1) is 23.4 Å². The highest BCUT2D eigenvalue weighted by molar-refractivity contribution is 6.08. The van der Waals surface area contributed by atoms with Crippen LogP contribution in [0, 0.1) is 0 Å². The van der Waals surface area contributed by atoms with Crippen molar-refractivity contribution in [2.45, 2.75) is 25.3 Å². The third-order valence-corrected chi connectivity index (χ3v) is 6.42. The predicted octanol–water partition coefficient (Wildman–Crippen LogP) is 4.93. The number of rotatable bonds is 7. The minimum atomic E-state index is -4.45. The van der Waals surface area contributed by atoms with Gasteiger partial charge in [0, 0.05) is 24.0 Å². The fraction of sp³-hybridized carbons (Fsp3) is 0.143. The quantitative estimate of drug-likeness (QED) is 0.310. The molecule has 0 saturated heterocycles. The third-order valence-electron chi connectivity index (χ3n) is 6.42. The van der Waals surface area contributed by atoms with Crippen LogP contribution in [0.4, 0.5) is 18.9 Å². The Morgan fingerprint density at radius 3 is 2.49 bits per heavy atom. The van der Waals surface area contributed by atoms with Gasteiger partial charge in [-0.05, 0) is 52.6 Å². The van der Waals surface area contributed by atoms with Crippen molar-refractivity contribution in [3.63, 3.8) is 0 Å². The van der Waals surface area contributed by atoms with Crippen LogP contribution >= 0.6 is 0 Å². The Bertz CT molecular complexity index is 1580. The van der Waals surface area contributed by atoms with Gasteiger partial charge < -0.3 is 10.4 Å². The first-order valence-electron chi connectivity index (χ1n) is 11.8. The fourth-order valence-corrected chi connectivity index (χ4v) is 4.51. The molecule has 4 aromatic rings. The average Bonchev–Trinajstić information content (AvgIpc) is 3.55. The van der Waals surface area contributed by atoms with E-state index in [1.54, 1.807) is 42.5 Å². The summed E-state index contributed by atoms with van der Waals surface area (Å²) in [5.41, 5.74) is 2.53. The number of amides is 1. The minimum absolute atomic E-state index is 0.0112. The highest BCUT2D eigenvalue weighted by Crippen LogP contribution is 2.33. The van der Waals surface area contributed by atoms with Crippen molar-refractivity contribution in [3.8, 4) is 11.1 Å². The second kappa shape index (κ2) is 10.2. The zero-order valence-electron chi connectivity index (χ0n) is 20.2. The summed E-state index contributed by atoms with van der Waals surface area (Å²) in [6.45, 7) is 0.278. The van der Waals surface area contributed by atoms with Crippen LogP contribution in [0.3, 0.4) is 0 Å². The highest BCUT2D eigenvalue weighted by atomic mass is 19.4. The van der Waals surface area contributed by atoms with Crippen LogP contribution in [0.5, 0.6) is 0 Å². The molecule has 1 amide bonds. The van der Waals surface area contributed by atoms with E-state index in [1.165, 1.54) is 29.2 Å². The molecule has 2 heterocycles. The summed E-state index contributed by atoms with van der Waals surface area (Å²) >= 11 is 0. The Morgan fingerprint density at radius 2 is 1.79 bits per heavy atom. The van der Waals surface area contributed by atoms with E-state index in [2.05, 4.69) is 15.7 Å². The largest absolute Gasteiger partial charge is 0.478 e. The van der Waals surface area contributed by atoms with Gasteiger partial charge in [-0.2, -0.15) is 18.3 Å². The number of aromatic nitrogens is 2. The maximum atomic E-state index is 13.1. The van der Waals surface area contributed by atoms with Crippen LogP contribution in [-0.2, 0) is 24.1 Å². The van der Waals surface area contributed by atoms with E-state index < -0.39 is 29.7 Å². The summed E-state index contributed by atoms with van der Waals surface area (Å²) < 4.78 is 40.1. The lowest BCUT2D eigenvalue weighted by Crippen LogP contribution is -2.26. The fourth-order valence-electron chi connectivity index (χ4n) is 4.51. The Hall–Kier alpha value is -4.77. The minimum Gasteiger partial charge on any atom is -0.478 e. The van der Waals surface area contributed by atoms with Crippen LogP contribution < -0.4 is 10.6 Å². The molecular weight excluding hydrogens is 513 g/mol. The van der Waals surface area contributed by atoms with Crippen molar-refractivity contribution in [2.75, 3.05) is 5.32 Å². The van der Waals surface area contributed by atoms with Crippen LogP contribution in [0.15, 0.2) is 79.1 Å². The number of halogens is 3. The topological polar surface area (TPSA) is 113 Å². The lowest BCUT2D eigenvalue weighted by atomic mass is 9.97. The number of carboxylic acid groups (broad SMARTS) is 1. The number of benzene rings is 3. The Morgan fingerprint density at radius 1 is 1.05 bits per heavy atom. The number of nitrogens with one attached hydrogen (secondary N) is 2. The van der Waals surface area contributed by atoms with Gasteiger partial charge in [0.15, 0.2) is 5.78 Å². The zero-order valence-corrected chi connectivity index (χ0v) is 20.2. The van der Waals surface area contributed by atoms with Crippen molar-refractivity contribution in [1.29, 1.82) is 0 Å². The highest BCUT2D eigenvalue weighted by Gasteiger charge is 2.30. The van der Waals surface area contributed by atoms with E-state index in [4.69, 9.17) is 5.11 Å². The van der Waals surface area contributed by atoms with Gasteiger partial charge in [0.25, 0.3) is 5.91 Å². The number of carbonyl (C=O) groups excluding carboxylic acids is 2. The summed E-state index contributed by atoms with van der Waals surface area (Å²) in [7, 11) is 0. The Balaban J connectivity index is 1.31. The number of ketones is 1. The van der Waals surface area contributed by atoms with Crippen molar-refractivity contribution in [2.24, 2.45) is 0 Å². The van der Waals surface area contributed by atoms with Crippen LogP contribution in [0.25, 0.3) is 11.1 Å². The number of hydrogen-bond acceptors (Lipinski definition) is 5. The maximum absolute atomic E-state index is 13.1. The number of aromatic carboxylic acids is 1. The normalized spacial score (nSPS) is 14.6. The molecule has 1 aliphatic rings. The van der Waals surface area contributed by atoms with E-state index in [0.717, 1.165) is 23.3 Å². The van der Waals surface area contributed by atoms with Crippen molar-refractivity contribution < 1.29 is 32.7 Å². The van der Waals surface area contributed by atoms with Gasteiger partial charge in [-0.3, -0.25) is 19.6 Å². The standard InChI is InChI=1S/C28H21F3N4O4/c29-28(30,31)19-7-5-16(6-8-19)21-3-1-2-4-23(21)26(37)34-20-9-10-22-17(11-20)12-32-25(22)24(36)15-35-14-18(13-33-35)27(38)39/h1-11,13-14,25,32H,12,15H2,(H,34,37)(H,38,39). The van der Waals surface area contributed by atoms with Crippen LogP contribution in [0.1, 0.15) is 43.4 Å². The lowest BCUT2D eigenvalue weighted by molar-refractivity contribution is -0.137. The van der Waals surface area contributed by atoms with Crippen LogP contribution in [-0.4, -0.2) is 32.5 Å². The van der Waals surface area contributed by atoms with Gasteiger partial charge in [-0.1, -0.05) is 36.4 Å². The monoisotopic (exact) mass is 534 g/mol. The number of fused-ring (bicyclic) bond motifs is 1. The van der Waals surface area contributed by atoms with E-state index in [1.807, 2.05) is 0 Å². The molecule has 0 fully saturated rings. The van der Waals surface area contributed by atoms with Gasteiger partial charge in [-0.25, -0.2) is 4.79 Å². The summed E-state index contributed by atoms with van der Waals surface area (Å²) in [4.78, 5) is 37.0. The summed E-state index contributed by atoms with van der Waals surface area (Å²) in [6.07, 6.45) is -1.99. The van der Waals surface area contributed by atoms with E-state index in [9.17, 15) is 27.6 Å². The number of carboxylic acids is 1. The molecule has 1 atom stereocenters. The second-order valence-electron chi connectivity index (χ2n) is 9.00. The van der Waals surface area contributed by atoms with Gasteiger partial charge in [0.1, 0.15) is 6.54 Å². The number of hydrogen-bond donors (Lipinski definition) is 3. The Labute approximate surface area is 220 Å². The summed E-state index contributed by atoms with van der Waals surface area (Å²) in [5.74, 6) is -1.76. The van der Waals surface area contributed by atoms with Gasteiger partial charge in [-0.15, -0.1) is 0 Å². The number of nitrogens with zero attached hydrogens (tertiary/aromatic N) is 2. The number of anilines is 1. The molecule has 0 bridgehead atoms. The SMILES string of the molecule is O=C(O)c1cnn(CC(=O)C2NCc3cc(NC(=O)c4ccccc4-c4ccc(C(F)(F)F)cc4)ccc32)c1. The number of Topliss-reactive ketones (excluding diaryl/α,β-unsaturated/α-hetero) is 1. The van der Waals surface area contributed by atoms with E-state index in [0.29, 0.717) is 28.9 Å². The molecule has 3 N–H and O–H groups in total. The third kappa shape index (κ3) is 5.43. The molecule has 198 valence electrons. The van der Waals surface area contributed by atoms with Crippen molar-refractivity contribution >= 4 is 23.3 Å². The van der Waals surface area contributed by atoms with E-state index >= 15 is 0 Å². The molecule has 0 radical (unpaired) electrons. The first kappa shape index (κ1) is 25.9. The predicted molar refractivity (Wildman–Crippen MR) is 135 cm³/mol. The first-order valence-corrected chi connectivity index (χ1v) is 11.8. The number of carbonyl (C=O) groups is 3. The summed E-state index contributed by atoms with van der Waals surface area (Å²) in [6, 6.07) is 15.8. The molecule has 3 aromatic carbocycles. The molecule has 0 saturated carbocycles. The molecule has 11 heteroatoms. The lowest BCUT2D eigenvalue weighted by Gasteiger charge is -2.13. The average molecular weight is 534 g/mol. The first-order chi connectivity index (χ1) is 18.6. The molecule has 1 aromatic heterocycles.